The van der Waals surface area contributed by atoms with Gasteiger partial charge in [-0.15, -0.1) is 0 Å². The standard InChI is InChI=1S/C26H17BrClN3O3/c27-19-8-10-25-20(13-19)23-14-22(17-6-5-15-3-1-2-4-16(15)11-17)29-30(23)26(34-25)18-7-9-21(28)24(12-18)31(32)33/h1-13,23,26H,14H2/t23-,26+/m0/s1. The van der Waals surface area contributed by atoms with E-state index in [1.807, 2.05) is 35.3 Å². The van der Waals surface area contributed by atoms with Crippen molar-refractivity contribution in [2.75, 3.05) is 0 Å². The van der Waals surface area contributed by atoms with Crippen molar-refractivity contribution in [1.29, 1.82) is 0 Å². The van der Waals surface area contributed by atoms with Gasteiger partial charge in [-0.05, 0) is 46.7 Å². The first kappa shape index (κ1) is 21.1. The van der Waals surface area contributed by atoms with Crippen LogP contribution in [0.5, 0.6) is 5.75 Å². The number of hydrogen-bond donors (Lipinski definition) is 0. The van der Waals surface area contributed by atoms with Crippen LogP contribution in [-0.4, -0.2) is 15.6 Å². The fraction of sp³-hybridized carbons (Fsp3) is 0.115. The van der Waals surface area contributed by atoms with E-state index in [0.29, 0.717) is 12.0 Å². The molecule has 0 fully saturated rings. The number of ether oxygens (including phenoxy) is 1. The van der Waals surface area contributed by atoms with E-state index in [1.165, 1.54) is 17.5 Å². The summed E-state index contributed by atoms with van der Waals surface area (Å²) in [4.78, 5) is 11.0. The average molecular weight is 535 g/mol. The number of hydrazone groups is 1. The number of nitro groups is 1. The van der Waals surface area contributed by atoms with E-state index in [2.05, 4.69) is 46.3 Å². The maximum Gasteiger partial charge on any atom is 0.288 e. The van der Waals surface area contributed by atoms with E-state index in [-0.39, 0.29) is 16.8 Å². The van der Waals surface area contributed by atoms with Crippen LogP contribution < -0.4 is 4.74 Å². The molecule has 0 saturated carbocycles. The van der Waals surface area contributed by atoms with Gasteiger partial charge in [0.15, 0.2) is 0 Å². The van der Waals surface area contributed by atoms with Gasteiger partial charge < -0.3 is 4.74 Å². The minimum absolute atomic E-state index is 0.0672. The van der Waals surface area contributed by atoms with Crippen LogP contribution in [0.25, 0.3) is 10.8 Å². The lowest BCUT2D eigenvalue weighted by Crippen LogP contribution is -2.33. The molecule has 0 amide bonds. The van der Waals surface area contributed by atoms with E-state index in [1.54, 1.807) is 6.07 Å². The summed E-state index contributed by atoms with van der Waals surface area (Å²) in [7, 11) is 0. The molecule has 0 N–H and O–H groups in total. The number of fused-ring (bicyclic) bond motifs is 4. The Balaban J connectivity index is 1.47. The van der Waals surface area contributed by atoms with Crippen molar-refractivity contribution in [3.63, 3.8) is 0 Å². The zero-order chi connectivity index (χ0) is 23.4. The number of rotatable bonds is 3. The molecule has 0 aromatic heterocycles. The van der Waals surface area contributed by atoms with E-state index in [9.17, 15) is 10.1 Å². The SMILES string of the molecule is O=[N+]([O-])c1cc([C@H]2Oc3ccc(Br)cc3[C@@H]3CC(c4ccc5ccccc5c4)=NN23)ccc1Cl. The van der Waals surface area contributed by atoms with Crippen LogP contribution in [0.1, 0.15) is 35.4 Å². The van der Waals surface area contributed by atoms with Gasteiger partial charge in [-0.25, -0.2) is 5.01 Å². The zero-order valence-electron chi connectivity index (χ0n) is 17.7. The molecule has 4 aromatic carbocycles. The van der Waals surface area contributed by atoms with Crippen molar-refractivity contribution < 1.29 is 9.66 Å². The zero-order valence-corrected chi connectivity index (χ0v) is 20.0. The van der Waals surface area contributed by atoms with E-state index >= 15 is 0 Å². The Hall–Kier alpha value is -3.42. The monoisotopic (exact) mass is 533 g/mol. The Morgan fingerprint density at radius 2 is 1.85 bits per heavy atom. The lowest BCUT2D eigenvalue weighted by Gasteiger charge is -2.38. The molecule has 2 aliphatic rings. The van der Waals surface area contributed by atoms with Crippen LogP contribution in [0.4, 0.5) is 5.69 Å². The Kier molecular flexibility index (Phi) is 5.04. The molecule has 0 spiro atoms. The quantitative estimate of drug-likeness (QED) is 0.203. The fourth-order valence-electron chi connectivity index (χ4n) is 4.64. The predicted octanol–water partition coefficient (Wildman–Crippen LogP) is 7.41. The highest BCUT2D eigenvalue weighted by molar-refractivity contribution is 9.10. The molecule has 2 aliphatic heterocycles. The summed E-state index contributed by atoms with van der Waals surface area (Å²) in [5.74, 6) is 0.738. The van der Waals surface area contributed by atoms with E-state index in [4.69, 9.17) is 21.4 Å². The van der Waals surface area contributed by atoms with E-state index in [0.717, 1.165) is 32.4 Å². The van der Waals surface area contributed by atoms with Crippen LogP contribution in [0.15, 0.2) is 88.4 Å². The Bertz CT molecular complexity index is 1510. The lowest BCUT2D eigenvalue weighted by atomic mass is 9.95. The largest absolute Gasteiger partial charge is 0.464 e. The smallest absolute Gasteiger partial charge is 0.288 e. The summed E-state index contributed by atoms with van der Waals surface area (Å²) in [5.41, 5.74) is 3.48. The minimum atomic E-state index is -0.618. The third-order valence-electron chi connectivity index (χ3n) is 6.29. The molecule has 4 aromatic rings. The first-order chi connectivity index (χ1) is 16.5. The second kappa shape index (κ2) is 8.11. The summed E-state index contributed by atoms with van der Waals surface area (Å²) >= 11 is 9.63. The molecule has 0 aliphatic carbocycles. The molecule has 2 heterocycles. The molecule has 34 heavy (non-hydrogen) atoms. The number of nitro benzene ring substituents is 1. The van der Waals surface area contributed by atoms with E-state index < -0.39 is 11.2 Å². The van der Waals surface area contributed by atoms with Crippen LogP contribution in [0.2, 0.25) is 5.02 Å². The third-order valence-corrected chi connectivity index (χ3v) is 7.10. The summed E-state index contributed by atoms with van der Waals surface area (Å²) in [6.45, 7) is 0. The van der Waals surface area contributed by atoms with Crippen LogP contribution in [0, 0.1) is 10.1 Å². The van der Waals surface area contributed by atoms with Crippen molar-refractivity contribution in [3.05, 3.63) is 115 Å². The van der Waals surface area contributed by atoms with Gasteiger partial charge in [-0.2, -0.15) is 5.10 Å². The Morgan fingerprint density at radius 1 is 1.03 bits per heavy atom. The van der Waals surface area contributed by atoms with Gasteiger partial charge in [-0.1, -0.05) is 70.0 Å². The molecule has 2 atom stereocenters. The van der Waals surface area contributed by atoms with Crippen LogP contribution in [-0.2, 0) is 0 Å². The first-order valence-electron chi connectivity index (χ1n) is 10.7. The normalized spacial score (nSPS) is 18.8. The average Bonchev–Trinajstić information content (AvgIpc) is 3.29. The third kappa shape index (κ3) is 3.52. The van der Waals surface area contributed by atoms with Crippen molar-refractivity contribution >= 4 is 49.7 Å². The summed E-state index contributed by atoms with van der Waals surface area (Å²) in [6, 6.07) is 25.2. The molecule has 6 nitrogen and oxygen atoms in total. The molecule has 0 radical (unpaired) electrons. The van der Waals surface area contributed by atoms with Crippen molar-refractivity contribution in [3.8, 4) is 5.75 Å². The van der Waals surface area contributed by atoms with Crippen molar-refractivity contribution in [2.24, 2.45) is 5.10 Å². The lowest BCUT2D eigenvalue weighted by molar-refractivity contribution is -0.384. The van der Waals surface area contributed by atoms with Crippen molar-refractivity contribution in [1.82, 2.24) is 5.01 Å². The molecule has 6 rings (SSSR count). The molecule has 8 heteroatoms. The Morgan fingerprint density at radius 3 is 2.68 bits per heavy atom. The van der Waals surface area contributed by atoms with Crippen molar-refractivity contribution in [2.45, 2.75) is 18.7 Å². The van der Waals surface area contributed by atoms with Gasteiger partial charge in [0, 0.05) is 28.1 Å². The summed E-state index contributed by atoms with van der Waals surface area (Å²) < 4.78 is 7.30. The fourth-order valence-corrected chi connectivity index (χ4v) is 5.21. The molecular weight excluding hydrogens is 518 g/mol. The second-order valence-electron chi connectivity index (χ2n) is 8.33. The van der Waals surface area contributed by atoms with Gasteiger partial charge in [0.25, 0.3) is 5.69 Å². The van der Waals surface area contributed by atoms with Gasteiger partial charge in [0.2, 0.25) is 6.23 Å². The molecular formula is C26H17BrClN3O3. The highest BCUT2D eigenvalue weighted by atomic mass is 79.9. The number of benzene rings is 4. The predicted molar refractivity (Wildman–Crippen MR) is 135 cm³/mol. The van der Waals surface area contributed by atoms with Crippen LogP contribution >= 0.6 is 27.5 Å². The molecule has 168 valence electrons. The molecule has 0 saturated heterocycles. The molecule has 0 unspecified atom stereocenters. The number of halogens is 2. The first-order valence-corrected chi connectivity index (χ1v) is 11.9. The van der Waals surface area contributed by atoms with Gasteiger partial charge in [0.1, 0.15) is 10.8 Å². The summed E-state index contributed by atoms with van der Waals surface area (Å²) in [6.07, 6.45) is 0.0738. The Labute approximate surface area is 208 Å². The van der Waals surface area contributed by atoms with Gasteiger partial charge >= 0.3 is 0 Å². The van der Waals surface area contributed by atoms with Gasteiger partial charge in [-0.3, -0.25) is 10.1 Å². The highest BCUT2D eigenvalue weighted by Crippen LogP contribution is 2.48. The number of nitrogens with zero attached hydrogens (tertiary/aromatic N) is 3. The minimum Gasteiger partial charge on any atom is -0.464 e. The second-order valence-corrected chi connectivity index (χ2v) is 9.65. The van der Waals surface area contributed by atoms with Gasteiger partial charge in [0.05, 0.1) is 16.7 Å². The maximum atomic E-state index is 11.5. The maximum absolute atomic E-state index is 11.5. The van der Waals surface area contributed by atoms with Crippen LogP contribution in [0.3, 0.4) is 0 Å². The number of hydrogen-bond acceptors (Lipinski definition) is 5. The topological polar surface area (TPSA) is 68.0 Å². The highest BCUT2D eigenvalue weighted by Gasteiger charge is 2.41. The summed E-state index contributed by atoms with van der Waals surface area (Å²) in [5, 5.41) is 20.8. The molecule has 0 bridgehead atoms.